The minimum absolute atomic E-state index is 0.338. The first-order chi connectivity index (χ1) is 7.54. The first-order valence-corrected chi connectivity index (χ1v) is 4.54. The molecule has 86 valence electrons. The number of esters is 2. The van der Waals surface area contributed by atoms with Crippen LogP contribution in [0.15, 0.2) is 11.8 Å². The Hall–Kier alpha value is -2.05. The zero-order valence-electron chi connectivity index (χ0n) is 8.37. The van der Waals surface area contributed by atoms with Gasteiger partial charge in [0.05, 0.1) is 7.11 Å². The van der Waals surface area contributed by atoms with Gasteiger partial charge in [0.2, 0.25) is 6.04 Å². The summed E-state index contributed by atoms with van der Waals surface area (Å²) in [5.74, 6) is -2.68. The van der Waals surface area contributed by atoms with Gasteiger partial charge in [0, 0.05) is 18.2 Å². The Morgan fingerprint density at radius 1 is 1.62 bits per heavy atom. The van der Waals surface area contributed by atoms with Gasteiger partial charge in [-0.15, -0.1) is 0 Å². The van der Waals surface area contributed by atoms with E-state index in [-0.39, 0.29) is 0 Å². The second-order valence-electron chi connectivity index (χ2n) is 3.40. The molecular weight excluding hydrogens is 218 g/mol. The van der Waals surface area contributed by atoms with Gasteiger partial charge in [-0.1, -0.05) is 0 Å². The topological polar surface area (TPSA) is 93.1 Å². The molecule has 0 saturated carbocycles. The number of aliphatic carboxylic acids is 1. The third-order valence-electron chi connectivity index (χ3n) is 2.50. The van der Waals surface area contributed by atoms with Crippen molar-refractivity contribution in [2.24, 2.45) is 0 Å². The summed E-state index contributed by atoms with van der Waals surface area (Å²) in [6.07, 6.45) is 0.934. The summed E-state index contributed by atoms with van der Waals surface area (Å²) in [5.41, 5.74) is 0.440. The Kier molecular flexibility index (Phi) is 2.30. The summed E-state index contributed by atoms with van der Waals surface area (Å²) >= 11 is 0. The summed E-state index contributed by atoms with van der Waals surface area (Å²) in [6.45, 7) is 0. The zero-order chi connectivity index (χ0) is 11.9. The van der Waals surface area contributed by atoms with Crippen molar-refractivity contribution >= 4 is 17.9 Å². The van der Waals surface area contributed by atoms with Crippen LogP contribution in [0.2, 0.25) is 0 Å². The number of carboxylic acids is 1. The first-order valence-electron chi connectivity index (χ1n) is 4.54. The third-order valence-corrected chi connectivity index (χ3v) is 2.50. The number of carbonyl (C=O) groups is 3. The van der Waals surface area contributed by atoms with Crippen molar-refractivity contribution in [2.75, 3.05) is 7.11 Å². The first kappa shape index (κ1) is 10.5. The standard InChI is InChI=1S/C9H9NO6/c1-15-6(11)3-4-2-5-10(4)7(8(12)13)9(14)16-5/h3,5,7H,2H2,1H3,(H,12,13)/b4-3-/t5-,7+/m1/s1. The molecule has 7 nitrogen and oxygen atoms in total. The molecule has 2 saturated heterocycles. The predicted octanol–water partition coefficient (Wildman–Crippen LogP) is -0.915. The summed E-state index contributed by atoms with van der Waals surface area (Å²) < 4.78 is 9.21. The molecular formula is C9H9NO6. The minimum Gasteiger partial charge on any atom is -0.479 e. The number of carbonyl (C=O) groups excluding carboxylic acids is 2. The van der Waals surface area contributed by atoms with Gasteiger partial charge >= 0.3 is 17.9 Å². The molecule has 16 heavy (non-hydrogen) atoms. The van der Waals surface area contributed by atoms with Crippen LogP contribution in [0.25, 0.3) is 0 Å². The Morgan fingerprint density at radius 3 is 2.88 bits per heavy atom. The van der Waals surface area contributed by atoms with Crippen molar-refractivity contribution in [2.45, 2.75) is 18.7 Å². The van der Waals surface area contributed by atoms with E-state index in [1.165, 1.54) is 12.0 Å². The zero-order valence-corrected chi connectivity index (χ0v) is 8.37. The molecule has 2 aliphatic heterocycles. The van der Waals surface area contributed by atoms with Crippen molar-refractivity contribution in [3.8, 4) is 0 Å². The van der Waals surface area contributed by atoms with Crippen LogP contribution in [0.4, 0.5) is 0 Å². The number of hydrogen-bond donors (Lipinski definition) is 1. The molecule has 2 fully saturated rings. The Bertz CT molecular complexity index is 401. The maximum absolute atomic E-state index is 11.2. The SMILES string of the molecule is COC(=O)/C=C1/C[C@H]2OC(=O)[C@H](C(=O)O)N12. The van der Waals surface area contributed by atoms with E-state index >= 15 is 0 Å². The van der Waals surface area contributed by atoms with E-state index in [1.807, 2.05) is 0 Å². The molecule has 0 amide bonds. The molecule has 0 aliphatic carbocycles. The molecule has 0 unspecified atom stereocenters. The number of methoxy groups -OCH3 is 1. The molecule has 2 heterocycles. The van der Waals surface area contributed by atoms with Gasteiger partial charge in [0.1, 0.15) is 0 Å². The van der Waals surface area contributed by atoms with Crippen molar-refractivity contribution in [1.82, 2.24) is 4.90 Å². The molecule has 0 spiro atoms. The highest BCUT2D eigenvalue weighted by Gasteiger charge is 2.54. The van der Waals surface area contributed by atoms with E-state index in [0.717, 1.165) is 6.08 Å². The second-order valence-corrected chi connectivity index (χ2v) is 3.40. The van der Waals surface area contributed by atoms with E-state index in [1.54, 1.807) is 0 Å². The van der Waals surface area contributed by atoms with Gasteiger partial charge in [-0.05, 0) is 0 Å². The van der Waals surface area contributed by atoms with Crippen LogP contribution in [-0.4, -0.2) is 47.3 Å². The lowest BCUT2D eigenvalue weighted by atomic mass is 10.1. The van der Waals surface area contributed by atoms with E-state index < -0.39 is 30.2 Å². The molecule has 2 rings (SSSR count). The van der Waals surface area contributed by atoms with Crippen LogP contribution in [0.3, 0.4) is 0 Å². The average molecular weight is 227 g/mol. The number of ether oxygens (including phenoxy) is 2. The van der Waals surface area contributed by atoms with Crippen LogP contribution >= 0.6 is 0 Å². The number of carboxylic acid groups (broad SMARTS) is 1. The van der Waals surface area contributed by atoms with Gasteiger partial charge in [-0.2, -0.15) is 0 Å². The van der Waals surface area contributed by atoms with Gasteiger partial charge in [-0.25, -0.2) is 14.4 Å². The smallest absolute Gasteiger partial charge is 0.342 e. The van der Waals surface area contributed by atoms with Crippen LogP contribution in [-0.2, 0) is 23.9 Å². The predicted molar refractivity (Wildman–Crippen MR) is 47.9 cm³/mol. The number of fused-ring (bicyclic) bond motifs is 1. The number of rotatable bonds is 2. The normalized spacial score (nSPS) is 29.4. The monoisotopic (exact) mass is 227 g/mol. The Morgan fingerprint density at radius 2 is 2.31 bits per heavy atom. The highest BCUT2D eigenvalue weighted by molar-refractivity contribution is 6.00. The Labute approximate surface area is 90.2 Å². The van der Waals surface area contributed by atoms with E-state index in [2.05, 4.69) is 4.74 Å². The van der Waals surface area contributed by atoms with Gasteiger partial charge in [-0.3, -0.25) is 0 Å². The van der Waals surface area contributed by atoms with Gasteiger partial charge in [0.25, 0.3) is 0 Å². The van der Waals surface area contributed by atoms with Crippen molar-refractivity contribution in [3.63, 3.8) is 0 Å². The minimum atomic E-state index is -1.35. The maximum Gasteiger partial charge on any atom is 0.342 e. The molecule has 7 heteroatoms. The molecule has 2 atom stereocenters. The van der Waals surface area contributed by atoms with Crippen molar-refractivity contribution in [3.05, 3.63) is 11.8 Å². The average Bonchev–Trinajstić information content (AvgIpc) is 2.47. The van der Waals surface area contributed by atoms with Crippen LogP contribution in [0.5, 0.6) is 0 Å². The quantitative estimate of drug-likeness (QED) is 0.370. The lowest BCUT2D eigenvalue weighted by molar-refractivity contribution is -0.149. The summed E-state index contributed by atoms with van der Waals surface area (Å²) in [6, 6.07) is -1.35. The Balaban J connectivity index is 2.19. The highest BCUT2D eigenvalue weighted by atomic mass is 16.6. The van der Waals surface area contributed by atoms with Crippen LogP contribution in [0, 0.1) is 0 Å². The van der Waals surface area contributed by atoms with E-state index in [9.17, 15) is 14.4 Å². The fraction of sp³-hybridized carbons (Fsp3) is 0.444. The molecule has 0 bridgehead atoms. The molecule has 0 aromatic heterocycles. The van der Waals surface area contributed by atoms with Crippen LogP contribution in [0.1, 0.15) is 6.42 Å². The van der Waals surface area contributed by atoms with Crippen molar-refractivity contribution in [1.29, 1.82) is 0 Å². The highest BCUT2D eigenvalue weighted by Crippen LogP contribution is 2.38. The second kappa shape index (κ2) is 3.51. The number of nitrogens with zero attached hydrogens (tertiary/aromatic N) is 1. The van der Waals surface area contributed by atoms with Crippen molar-refractivity contribution < 1.29 is 29.0 Å². The fourth-order valence-corrected chi connectivity index (χ4v) is 1.75. The third kappa shape index (κ3) is 1.40. The molecule has 2 aliphatic rings. The fourth-order valence-electron chi connectivity index (χ4n) is 1.75. The molecule has 0 radical (unpaired) electrons. The molecule has 0 aromatic rings. The molecule has 1 N–H and O–H groups in total. The van der Waals surface area contributed by atoms with Gasteiger partial charge in [0.15, 0.2) is 6.23 Å². The van der Waals surface area contributed by atoms with Gasteiger partial charge < -0.3 is 19.5 Å². The lowest BCUT2D eigenvalue weighted by Gasteiger charge is -2.38. The number of hydrogen-bond acceptors (Lipinski definition) is 6. The summed E-state index contributed by atoms with van der Waals surface area (Å²) in [5, 5.41) is 8.83. The summed E-state index contributed by atoms with van der Waals surface area (Å²) in [4.78, 5) is 34.2. The van der Waals surface area contributed by atoms with E-state index in [0.29, 0.717) is 12.1 Å². The lowest BCUT2D eigenvalue weighted by Crippen LogP contribution is -2.49. The summed E-state index contributed by atoms with van der Waals surface area (Å²) in [7, 11) is 1.22. The maximum atomic E-state index is 11.2. The van der Waals surface area contributed by atoms with Crippen LogP contribution < -0.4 is 0 Å². The largest absolute Gasteiger partial charge is 0.479 e. The molecule has 0 aromatic carbocycles. The van der Waals surface area contributed by atoms with E-state index in [4.69, 9.17) is 9.84 Å².